The first-order valence-electron chi connectivity index (χ1n) is 13.8. The number of carboxylic acid groups (broad SMARTS) is 1. The number of hydrogen-bond donors (Lipinski definition) is 2. The summed E-state index contributed by atoms with van der Waals surface area (Å²) >= 11 is 0. The van der Waals surface area contributed by atoms with Gasteiger partial charge in [-0.2, -0.15) is 0 Å². The third kappa shape index (κ3) is 2.75. The summed E-state index contributed by atoms with van der Waals surface area (Å²) in [6.07, 6.45) is 10.5. The van der Waals surface area contributed by atoms with Crippen LogP contribution in [0.4, 0.5) is 0 Å². The molecule has 0 amide bonds. The summed E-state index contributed by atoms with van der Waals surface area (Å²) in [5.41, 5.74) is 1.35. The number of hydrogen-bond acceptors (Lipinski definition) is 2. The van der Waals surface area contributed by atoms with Gasteiger partial charge in [-0.05, 0) is 122 Å². The second-order valence-electron chi connectivity index (χ2n) is 14.5. The van der Waals surface area contributed by atoms with Crippen molar-refractivity contribution in [3.8, 4) is 0 Å². The summed E-state index contributed by atoms with van der Waals surface area (Å²) in [6.45, 7) is 18.8. The van der Waals surface area contributed by atoms with E-state index in [0.717, 1.165) is 38.5 Å². The first kappa shape index (κ1) is 23.9. The number of carboxylic acids is 1. The van der Waals surface area contributed by atoms with E-state index in [9.17, 15) is 15.0 Å². The summed E-state index contributed by atoms with van der Waals surface area (Å²) in [4.78, 5) is 12.8. The zero-order valence-electron chi connectivity index (χ0n) is 22.0. The lowest BCUT2D eigenvalue weighted by Crippen LogP contribution is -2.67. The molecule has 3 heteroatoms. The molecule has 0 aliphatic heterocycles. The zero-order chi connectivity index (χ0) is 24.2. The summed E-state index contributed by atoms with van der Waals surface area (Å²) in [7, 11) is 0. The van der Waals surface area contributed by atoms with Crippen LogP contribution in [0.3, 0.4) is 0 Å². The molecular weight excluding hydrogens is 408 g/mol. The van der Waals surface area contributed by atoms with E-state index in [0.29, 0.717) is 23.7 Å². The first-order chi connectivity index (χ1) is 15.3. The Hall–Kier alpha value is -0.830. The lowest BCUT2D eigenvalue weighted by molar-refractivity contribution is -0.248. The fraction of sp³-hybridized carbons (Fsp3) is 0.900. The van der Waals surface area contributed by atoms with Gasteiger partial charge in [0.05, 0.1) is 11.5 Å². The Labute approximate surface area is 201 Å². The highest BCUT2D eigenvalue weighted by molar-refractivity contribution is 5.76. The van der Waals surface area contributed by atoms with Crippen LogP contribution in [0.2, 0.25) is 0 Å². The fourth-order valence-corrected chi connectivity index (χ4v) is 11.5. The van der Waals surface area contributed by atoms with Gasteiger partial charge in [-0.15, -0.1) is 0 Å². The Kier molecular flexibility index (Phi) is 5.15. The third-order valence-electron chi connectivity index (χ3n) is 13.5. The summed E-state index contributed by atoms with van der Waals surface area (Å²) in [5, 5.41) is 21.4. The molecule has 0 aromatic heterocycles. The number of aliphatic carboxylic acids is 1. The Bertz CT molecular complexity index is 861. The average Bonchev–Trinajstić information content (AvgIpc) is 3.13. The zero-order valence-corrected chi connectivity index (χ0v) is 22.0. The van der Waals surface area contributed by atoms with Crippen LogP contribution < -0.4 is 0 Å². The lowest BCUT2D eigenvalue weighted by Gasteiger charge is -2.72. The third-order valence-corrected chi connectivity index (χ3v) is 13.5. The van der Waals surface area contributed by atoms with Crippen molar-refractivity contribution in [3.05, 3.63) is 12.2 Å². The van der Waals surface area contributed by atoms with E-state index in [-0.39, 0.29) is 33.7 Å². The number of aliphatic hydroxyl groups is 1. The highest BCUT2D eigenvalue weighted by atomic mass is 16.4. The highest BCUT2D eigenvalue weighted by Gasteiger charge is 2.71. The molecular formula is C30H48O3. The van der Waals surface area contributed by atoms with Crippen LogP contribution in [0, 0.1) is 56.7 Å². The molecule has 4 unspecified atom stereocenters. The van der Waals surface area contributed by atoms with Crippen molar-refractivity contribution in [2.75, 3.05) is 0 Å². The molecule has 3 nitrogen and oxygen atoms in total. The van der Waals surface area contributed by atoms with Crippen molar-refractivity contribution in [2.24, 2.45) is 56.7 Å². The van der Waals surface area contributed by atoms with Gasteiger partial charge in [-0.1, -0.05) is 46.8 Å². The maximum absolute atomic E-state index is 12.8. The normalized spacial score (nSPS) is 55.0. The SMILES string of the molecule is C=C(C)C1CC[C@]2(C(=O)O)CC[C@]3(C)[C@H](CCC4[C@@]5(C)CC[C@H](O)C(C)(C)C5CC[C@]43C)C12. The predicted molar refractivity (Wildman–Crippen MR) is 133 cm³/mol. The topological polar surface area (TPSA) is 57.5 Å². The molecule has 0 heterocycles. The molecule has 0 spiro atoms. The molecule has 5 fully saturated rings. The van der Waals surface area contributed by atoms with Gasteiger partial charge in [0.1, 0.15) is 0 Å². The van der Waals surface area contributed by atoms with Crippen molar-refractivity contribution in [3.63, 3.8) is 0 Å². The van der Waals surface area contributed by atoms with Crippen molar-refractivity contribution in [2.45, 2.75) is 112 Å². The van der Waals surface area contributed by atoms with Crippen LogP contribution in [0.15, 0.2) is 12.2 Å². The van der Waals surface area contributed by atoms with Crippen molar-refractivity contribution in [1.29, 1.82) is 0 Å². The second-order valence-corrected chi connectivity index (χ2v) is 14.5. The molecule has 33 heavy (non-hydrogen) atoms. The number of carbonyl (C=O) groups is 1. The van der Waals surface area contributed by atoms with Crippen LogP contribution in [0.1, 0.15) is 106 Å². The first-order valence-corrected chi connectivity index (χ1v) is 13.8. The Morgan fingerprint density at radius 1 is 0.818 bits per heavy atom. The van der Waals surface area contributed by atoms with E-state index < -0.39 is 11.4 Å². The molecule has 5 saturated carbocycles. The van der Waals surface area contributed by atoms with E-state index in [1.165, 1.54) is 31.3 Å². The van der Waals surface area contributed by atoms with Crippen molar-refractivity contribution in [1.82, 2.24) is 0 Å². The summed E-state index contributed by atoms with van der Waals surface area (Å²) < 4.78 is 0. The largest absolute Gasteiger partial charge is 0.481 e. The van der Waals surface area contributed by atoms with E-state index in [1.807, 2.05) is 0 Å². The minimum absolute atomic E-state index is 0.0202. The molecule has 5 rings (SSSR count). The highest BCUT2D eigenvalue weighted by Crippen LogP contribution is 2.77. The van der Waals surface area contributed by atoms with Crippen molar-refractivity contribution >= 4 is 5.97 Å². The number of aliphatic hydroxyl groups excluding tert-OH is 1. The van der Waals surface area contributed by atoms with Gasteiger partial charge in [0.15, 0.2) is 0 Å². The van der Waals surface area contributed by atoms with Gasteiger partial charge in [0.2, 0.25) is 0 Å². The summed E-state index contributed by atoms with van der Waals surface area (Å²) in [6, 6.07) is 0. The van der Waals surface area contributed by atoms with Gasteiger partial charge in [-0.3, -0.25) is 4.79 Å². The Balaban J connectivity index is 1.57. The van der Waals surface area contributed by atoms with Gasteiger partial charge >= 0.3 is 5.97 Å². The maximum Gasteiger partial charge on any atom is 0.309 e. The molecule has 0 saturated heterocycles. The van der Waals surface area contributed by atoms with E-state index in [4.69, 9.17) is 0 Å². The van der Waals surface area contributed by atoms with E-state index >= 15 is 0 Å². The van der Waals surface area contributed by atoms with E-state index in [1.54, 1.807) is 0 Å². The van der Waals surface area contributed by atoms with Gasteiger partial charge < -0.3 is 10.2 Å². The molecule has 10 atom stereocenters. The Morgan fingerprint density at radius 3 is 2.15 bits per heavy atom. The van der Waals surface area contributed by atoms with Gasteiger partial charge in [0.25, 0.3) is 0 Å². The van der Waals surface area contributed by atoms with Crippen molar-refractivity contribution < 1.29 is 15.0 Å². The molecule has 186 valence electrons. The summed E-state index contributed by atoms with van der Waals surface area (Å²) in [5.74, 6) is 1.79. The molecule has 0 aromatic rings. The van der Waals surface area contributed by atoms with Crippen LogP contribution in [-0.4, -0.2) is 22.3 Å². The Morgan fingerprint density at radius 2 is 1.52 bits per heavy atom. The maximum atomic E-state index is 12.8. The molecule has 5 aliphatic rings. The smallest absolute Gasteiger partial charge is 0.309 e. The quantitative estimate of drug-likeness (QED) is 0.436. The van der Waals surface area contributed by atoms with E-state index in [2.05, 4.69) is 48.1 Å². The fourth-order valence-electron chi connectivity index (χ4n) is 11.5. The van der Waals surface area contributed by atoms with Gasteiger partial charge in [0, 0.05) is 0 Å². The number of allylic oxidation sites excluding steroid dienone is 1. The van der Waals surface area contributed by atoms with Crippen LogP contribution in [0.5, 0.6) is 0 Å². The molecule has 2 N–H and O–H groups in total. The standard InChI is InChI=1S/C30H48O3/c1-18(2)19-10-15-30(25(32)33)17-16-28(6)20(24(19)30)8-9-22-27(5)13-12-23(31)26(3,4)21(27)11-14-29(22,28)7/h19-24,31H,1,8-17H2,2-7H3,(H,32,33)/t19?,20-,21?,22?,23+,24?,27+,28-,29-,30+/m1/s1. The lowest BCUT2D eigenvalue weighted by atomic mass is 9.32. The van der Waals surface area contributed by atoms with Crippen LogP contribution >= 0.6 is 0 Å². The van der Waals surface area contributed by atoms with Crippen LogP contribution in [0.25, 0.3) is 0 Å². The predicted octanol–water partition coefficient (Wildman–Crippen LogP) is 7.09. The van der Waals surface area contributed by atoms with Crippen LogP contribution in [-0.2, 0) is 4.79 Å². The van der Waals surface area contributed by atoms with Gasteiger partial charge in [-0.25, -0.2) is 0 Å². The second kappa shape index (κ2) is 7.11. The molecule has 0 radical (unpaired) electrons. The molecule has 5 aliphatic carbocycles. The monoisotopic (exact) mass is 456 g/mol. The number of rotatable bonds is 2. The molecule has 0 aromatic carbocycles. The average molecular weight is 457 g/mol. The molecule has 0 bridgehead atoms. The number of fused-ring (bicyclic) bond motifs is 7. The minimum Gasteiger partial charge on any atom is -0.481 e. The minimum atomic E-state index is -0.538.